The van der Waals surface area contributed by atoms with Gasteiger partial charge in [0.15, 0.2) is 5.65 Å². The second-order valence-electron chi connectivity index (χ2n) is 4.01. The highest BCUT2D eigenvalue weighted by atomic mass is 16.1. The lowest BCUT2D eigenvalue weighted by Gasteiger charge is -2.05. The Balaban J connectivity index is 2.39. The number of aromatic amines is 1. The summed E-state index contributed by atoms with van der Waals surface area (Å²) in [6.07, 6.45) is 0.803. The van der Waals surface area contributed by atoms with Crippen molar-refractivity contribution in [3.63, 3.8) is 0 Å². The quantitative estimate of drug-likeness (QED) is 0.740. The first kappa shape index (κ1) is 10.7. The number of nitrogens with one attached hydrogen (secondary N) is 1. The fourth-order valence-electron chi connectivity index (χ4n) is 1.94. The maximum atomic E-state index is 11.8. The summed E-state index contributed by atoms with van der Waals surface area (Å²) in [5, 5.41) is 6.45. The monoisotopic (exact) mass is 240 g/mol. The minimum Gasteiger partial charge on any atom is -0.246 e. The van der Waals surface area contributed by atoms with E-state index in [0.29, 0.717) is 11.5 Å². The molecule has 0 fully saturated rings. The van der Waals surface area contributed by atoms with Crippen LogP contribution in [0.4, 0.5) is 0 Å². The largest absolute Gasteiger partial charge is 0.349 e. The summed E-state index contributed by atoms with van der Waals surface area (Å²) >= 11 is 0. The Morgan fingerprint density at radius 2 is 2.06 bits per heavy atom. The third-order valence-corrected chi connectivity index (χ3v) is 2.85. The summed E-state index contributed by atoms with van der Waals surface area (Å²) < 4.78 is 1.49. The maximum Gasteiger partial charge on any atom is 0.349 e. The highest BCUT2D eigenvalue weighted by molar-refractivity contribution is 5.59. The highest BCUT2D eigenvalue weighted by Gasteiger charge is 2.10. The predicted molar refractivity (Wildman–Crippen MR) is 68.4 cm³/mol. The first-order valence-corrected chi connectivity index (χ1v) is 5.82. The molecule has 90 valence electrons. The molecule has 5 nitrogen and oxygen atoms in total. The fourth-order valence-corrected chi connectivity index (χ4v) is 1.94. The molecule has 0 radical (unpaired) electrons. The van der Waals surface area contributed by atoms with Gasteiger partial charge in [-0.2, -0.15) is 5.10 Å². The molecule has 2 heterocycles. The number of aromatic nitrogens is 4. The Bertz CT molecular complexity index is 743. The lowest BCUT2D eigenvalue weighted by Crippen LogP contribution is -2.13. The second kappa shape index (κ2) is 4.10. The van der Waals surface area contributed by atoms with Gasteiger partial charge in [0.25, 0.3) is 0 Å². The fraction of sp³-hybridized carbons (Fsp3) is 0.154. The topological polar surface area (TPSA) is 63.0 Å². The average molecular weight is 240 g/mol. The average Bonchev–Trinajstić information content (AvgIpc) is 2.80. The molecule has 0 saturated heterocycles. The van der Waals surface area contributed by atoms with Crippen molar-refractivity contribution >= 4 is 5.65 Å². The minimum absolute atomic E-state index is 0.265. The van der Waals surface area contributed by atoms with E-state index >= 15 is 0 Å². The number of rotatable bonds is 2. The van der Waals surface area contributed by atoms with Gasteiger partial charge in [0, 0.05) is 17.3 Å². The lowest BCUT2D eigenvalue weighted by molar-refractivity contribution is 0.962. The van der Waals surface area contributed by atoms with Crippen LogP contribution in [0.3, 0.4) is 0 Å². The Kier molecular flexibility index (Phi) is 2.44. The molecule has 3 rings (SSSR count). The van der Waals surface area contributed by atoms with E-state index in [-0.39, 0.29) is 5.69 Å². The van der Waals surface area contributed by atoms with Crippen LogP contribution < -0.4 is 5.69 Å². The molecule has 0 bridgehead atoms. The van der Waals surface area contributed by atoms with Crippen molar-refractivity contribution in [3.8, 4) is 11.4 Å². The van der Waals surface area contributed by atoms with E-state index in [1.165, 1.54) is 4.40 Å². The van der Waals surface area contributed by atoms with Gasteiger partial charge < -0.3 is 0 Å². The zero-order valence-electron chi connectivity index (χ0n) is 9.92. The molecule has 5 heteroatoms. The predicted octanol–water partition coefficient (Wildman–Crippen LogP) is 1.65. The van der Waals surface area contributed by atoms with Gasteiger partial charge in [0.05, 0.1) is 0 Å². The number of hydrogen-bond donors (Lipinski definition) is 1. The Hall–Kier alpha value is -2.43. The van der Waals surface area contributed by atoms with Crippen LogP contribution in [0.25, 0.3) is 17.0 Å². The van der Waals surface area contributed by atoms with Gasteiger partial charge in [-0.05, 0) is 6.42 Å². The molecule has 18 heavy (non-hydrogen) atoms. The van der Waals surface area contributed by atoms with Gasteiger partial charge in [-0.1, -0.05) is 37.3 Å². The first-order chi connectivity index (χ1) is 8.79. The van der Waals surface area contributed by atoms with Crippen molar-refractivity contribution in [2.75, 3.05) is 0 Å². The van der Waals surface area contributed by atoms with Crippen molar-refractivity contribution in [1.29, 1.82) is 0 Å². The van der Waals surface area contributed by atoms with E-state index in [4.69, 9.17) is 0 Å². The van der Waals surface area contributed by atoms with Crippen LogP contribution in [0.2, 0.25) is 0 Å². The zero-order valence-corrected chi connectivity index (χ0v) is 9.92. The van der Waals surface area contributed by atoms with E-state index in [2.05, 4.69) is 15.2 Å². The third kappa shape index (κ3) is 1.60. The molecule has 0 saturated carbocycles. The summed E-state index contributed by atoms with van der Waals surface area (Å²) in [4.78, 5) is 16.3. The van der Waals surface area contributed by atoms with E-state index in [1.54, 1.807) is 0 Å². The molecule has 1 aromatic carbocycles. The number of fused-ring (bicyclic) bond motifs is 1. The van der Waals surface area contributed by atoms with Crippen LogP contribution in [0, 0.1) is 0 Å². The van der Waals surface area contributed by atoms with Crippen LogP contribution in [-0.2, 0) is 6.42 Å². The zero-order chi connectivity index (χ0) is 12.5. The van der Waals surface area contributed by atoms with Crippen molar-refractivity contribution in [3.05, 3.63) is 52.6 Å². The number of benzene rings is 1. The van der Waals surface area contributed by atoms with Gasteiger partial charge >= 0.3 is 5.69 Å². The SMILES string of the molecule is CCc1cc2n[nH]c(=O)n2c(-c2ccccc2)n1. The summed E-state index contributed by atoms with van der Waals surface area (Å²) in [5.41, 5.74) is 2.16. The molecule has 0 amide bonds. The Morgan fingerprint density at radius 3 is 2.78 bits per heavy atom. The van der Waals surface area contributed by atoms with Crippen LogP contribution in [0.15, 0.2) is 41.2 Å². The Morgan fingerprint density at radius 1 is 1.28 bits per heavy atom. The molecule has 0 aliphatic heterocycles. The number of H-pyrrole nitrogens is 1. The third-order valence-electron chi connectivity index (χ3n) is 2.85. The first-order valence-electron chi connectivity index (χ1n) is 5.82. The highest BCUT2D eigenvalue weighted by Crippen LogP contribution is 2.17. The molecule has 0 unspecified atom stereocenters. The van der Waals surface area contributed by atoms with E-state index in [9.17, 15) is 4.79 Å². The van der Waals surface area contributed by atoms with Gasteiger partial charge in [0.1, 0.15) is 5.82 Å². The van der Waals surface area contributed by atoms with Crippen LogP contribution in [0.5, 0.6) is 0 Å². The van der Waals surface area contributed by atoms with E-state index in [0.717, 1.165) is 17.7 Å². The van der Waals surface area contributed by atoms with Crippen molar-refractivity contribution in [2.45, 2.75) is 13.3 Å². The van der Waals surface area contributed by atoms with E-state index in [1.807, 2.05) is 43.3 Å². The molecule has 0 spiro atoms. The van der Waals surface area contributed by atoms with Crippen molar-refractivity contribution < 1.29 is 0 Å². The van der Waals surface area contributed by atoms with Gasteiger partial charge in [0.2, 0.25) is 0 Å². The number of hydrogen-bond acceptors (Lipinski definition) is 3. The van der Waals surface area contributed by atoms with Gasteiger partial charge in [-0.15, -0.1) is 0 Å². The molecule has 0 atom stereocenters. The standard InChI is InChI=1S/C13H12N4O/c1-2-10-8-11-15-16-13(18)17(11)12(14-10)9-6-4-3-5-7-9/h3-8H,2H2,1H3,(H,16,18). The molecule has 3 aromatic rings. The molecular formula is C13H12N4O. The normalized spacial score (nSPS) is 10.9. The van der Waals surface area contributed by atoms with Crippen LogP contribution in [0.1, 0.15) is 12.6 Å². The number of aryl methyl sites for hydroxylation is 1. The van der Waals surface area contributed by atoms with Crippen LogP contribution >= 0.6 is 0 Å². The summed E-state index contributed by atoms with van der Waals surface area (Å²) in [7, 11) is 0. The molecule has 2 aromatic heterocycles. The smallest absolute Gasteiger partial charge is 0.246 e. The summed E-state index contributed by atoms with van der Waals surface area (Å²) in [5.74, 6) is 0.628. The van der Waals surface area contributed by atoms with Gasteiger partial charge in [-0.3, -0.25) is 0 Å². The molecule has 0 aliphatic rings. The maximum absolute atomic E-state index is 11.8. The van der Waals surface area contributed by atoms with Gasteiger partial charge in [-0.25, -0.2) is 19.3 Å². The van der Waals surface area contributed by atoms with Crippen molar-refractivity contribution in [1.82, 2.24) is 19.6 Å². The second-order valence-corrected chi connectivity index (χ2v) is 4.01. The van der Waals surface area contributed by atoms with Crippen molar-refractivity contribution in [2.24, 2.45) is 0 Å². The number of nitrogens with zero attached hydrogens (tertiary/aromatic N) is 3. The molecule has 0 aliphatic carbocycles. The lowest BCUT2D eigenvalue weighted by atomic mass is 10.2. The Labute approximate surface area is 103 Å². The molecule has 1 N–H and O–H groups in total. The van der Waals surface area contributed by atoms with Crippen LogP contribution in [-0.4, -0.2) is 19.6 Å². The minimum atomic E-state index is -0.265. The summed E-state index contributed by atoms with van der Waals surface area (Å²) in [6.45, 7) is 2.03. The summed E-state index contributed by atoms with van der Waals surface area (Å²) in [6, 6.07) is 11.5. The molecular weight excluding hydrogens is 228 g/mol. The van der Waals surface area contributed by atoms with E-state index < -0.39 is 0 Å².